The van der Waals surface area contributed by atoms with E-state index in [4.69, 9.17) is 0 Å². The Hall–Kier alpha value is -3.81. The van der Waals surface area contributed by atoms with Crippen molar-refractivity contribution in [1.82, 2.24) is 29.9 Å². The molecule has 146 valence electrons. The second-order valence-electron chi connectivity index (χ2n) is 6.74. The lowest BCUT2D eigenvalue weighted by atomic mass is 10.2. The Balaban J connectivity index is 1.46. The number of carbonyl (C=O) groups excluding carboxylic acids is 1. The topological polar surface area (TPSA) is 94.7 Å². The smallest absolute Gasteiger partial charge is 0.269 e. The number of aromatic nitrogens is 5. The molecule has 8 heteroatoms. The average molecular weight is 388 g/mol. The molecule has 4 rings (SSSR count). The summed E-state index contributed by atoms with van der Waals surface area (Å²) in [5.41, 5.74) is 2.65. The van der Waals surface area contributed by atoms with E-state index in [1.165, 1.54) is 10.7 Å². The van der Waals surface area contributed by atoms with Crippen LogP contribution in [-0.4, -0.2) is 37.0 Å². The van der Waals surface area contributed by atoms with Crippen LogP contribution in [0.15, 0.2) is 59.4 Å². The lowest BCUT2D eigenvalue weighted by Gasteiger charge is -2.09. The van der Waals surface area contributed by atoms with Crippen molar-refractivity contribution in [3.63, 3.8) is 0 Å². The minimum Gasteiger partial charge on any atom is -0.349 e. The van der Waals surface area contributed by atoms with E-state index in [0.717, 1.165) is 22.3 Å². The van der Waals surface area contributed by atoms with Crippen LogP contribution in [0.1, 0.15) is 21.9 Å². The second-order valence-corrected chi connectivity index (χ2v) is 6.74. The van der Waals surface area contributed by atoms with Gasteiger partial charge in [-0.2, -0.15) is 5.10 Å². The summed E-state index contributed by atoms with van der Waals surface area (Å²) >= 11 is 0. The molecule has 3 aromatic heterocycles. The fourth-order valence-electron chi connectivity index (χ4n) is 3.13. The maximum Gasteiger partial charge on any atom is 0.269 e. The fourth-order valence-corrected chi connectivity index (χ4v) is 3.13. The fraction of sp³-hybridized carbons (Fsp3) is 0.190. The molecule has 0 saturated heterocycles. The summed E-state index contributed by atoms with van der Waals surface area (Å²) in [6.07, 6.45) is 0. The van der Waals surface area contributed by atoms with Gasteiger partial charge in [-0.15, -0.1) is 5.10 Å². The van der Waals surface area contributed by atoms with Gasteiger partial charge in [0.15, 0.2) is 5.82 Å². The second kappa shape index (κ2) is 7.67. The van der Waals surface area contributed by atoms with E-state index >= 15 is 0 Å². The molecule has 3 heterocycles. The first-order valence-electron chi connectivity index (χ1n) is 9.27. The van der Waals surface area contributed by atoms with Crippen molar-refractivity contribution in [2.75, 3.05) is 6.54 Å². The molecule has 0 aliphatic heterocycles. The molecular weight excluding hydrogens is 368 g/mol. The van der Waals surface area contributed by atoms with Crippen molar-refractivity contribution in [3.8, 4) is 5.82 Å². The largest absolute Gasteiger partial charge is 0.349 e. The van der Waals surface area contributed by atoms with Gasteiger partial charge in [-0.3, -0.25) is 9.59 Å². The number of para-hydroxylation sites is 1. The summed E-state index contributed by atoms with van der Waals surface area (Å²) in [4.78, 5) is 28.9. The molecule has 29 heavy (non-hydrogen) atoms. The van der Waals surface area contributed by atoms with Crippen LogP contribution in [-0.2, 0) is 6.54 Å². The number of nitrogens with one attached hydrogen (secondary N) is 1. The van der Waals surface area contributed by atoms with Crippen LogP contribution in [0, 0.1) is 13.8 Å². The summed E-state index contributed by atoms with van der Waals surface area (Å²) in [5.74, 6) is 0.260. The Morgan fingerprint density at radius 1 is 1.03 bits per heavy atom. The minimum atomic E-state index is -0.293. The van der Waals surface area contributed by atoms with E-state index in [1.54, 1.807) is 16.8 Å². The number of hydrogen-bond acceptors (Lipinski definition) is 5. The summed E-state index contributed by atoms with van der Waals surface area (Å²) in [5, 5.41) is 12.5. The molecule has 0 spiro atoms. The molecule has 0 aliphatic carbocycles. The highest BCUT2D eigenvalue weighted by Gasteiger charge is 2.10. The minimum absolute atomic E-state index is 0.241. The normalized spacial score (nSPS) is 11.0. The van der Waals surface area contributed by atoms with Gasteiger partial charge in [-0.25, -0.2) is 14.3 Å². The number of aryl methyl sites for hydroxylation is 2. The quantitative estimate of drug-likeness (QED) is 0.564. The summed E-state index contributed by atoms with van der Waals surface area (Å²) in [6.45, 7) is 4.32. The van der Waals surface area contributed by atoms with Crippen molar-refractivity contribution < 1.29 is 4.79 Å². The summed E-state index contributed by atoms with van der Waals surface area (Å²) in [6, 6.07) is 16.2. The molecule has 1 N–H and O–H groups in total. The van der Waals surface area contributed by atoms with Gasteiger partial charge >= 0.3 is 0 Å². The Morgan fingerprint density at radius 2 is 1.86 bits per heavy atom. The van der Waals surface area contributed by atoms with Gasteiger partial charge in [0.2, 0.25) is 0 Å². The predicted molar refractivity (Wildman–Crippen MR) is 109 cm³/mol. The van der Waals surface area contributed by atoms with Crippen molar-refractivity contribution in [3.05, 3.63) is 82.0 Å². The van der Waals surface area contributed by atoms with Crippen LogP contribution < -0.4 is 10.9 Å². The monoisotopic (exact) mass is 388 g/mol. The molecule has 0 fully saturated rings. The van der Waals surface area contributed by atoms with Gasteiger partial charge in [0.25, 0.3) is 11.5 Å². The maximum atomic E-state index is 12.4. The van der Waals surface area contributed by atoms with Gasteiger partial charge in [0.05, 0.1) is 17.8 Å². The van der Waals surface area contributed by atoms with E-state index in [1.807, 2.05) is 50.2 Å². The SMILES string of the molecule is Cc1cc(C)n(-c2ccc(=O)n(CCNC(=O)c3ccc4ccccc4n3)n2)n1. The lowest BCUT2D eigenvalue weighted by molar-refractivity contribution is 0.0947. The number of fused-ring (bicyclic) bond motifs is 1. The molecule has 0 saturated carbocycles. The first-order valence-corrected chi connectivity index (χ1v) is 9.27. The van der Waals surface area contributed by atoms with Gasteiger partial charge in [0.1, 0.15) is 5.69 Å². The molecule has 8 nitrogen and oxygen atoms in total. The van der Waals surface area contributed by atoms with Gasteiger partial charge in [-0.05, 0) is 38.1 Å². The van der Waals surface area contributed by atoms with Crippen LogP contribution in [0.2, 0.25) is 0 Å². The number of benzene rings is 1. The first kappa shape index (κ1) is 18.5. The van der Waals surface area contributed by atoms with Crippen LogP contribution in [0.25, 0.3) is 16.7 Å². The zero-order valence-corrected chi connectivity index (χ0v) is 16.2. The van der Waals surface area contributed by atoms with Gasteiger partial charge < -0.3 is 5.32 Å². The Bertz CT molecular complexity index is 1260. The van der Waals surface area contributed by atoms with E-state index in [9.17, 15) is 9.59 Å². The third-order valence-electron chi connectivity index (χ3n) is 4.52. The van der Waals surface area contributed by atoms with Crippen molar-refractivity contribution >= 4 is 16.8 Å². The molecule has 0 unspecified atom stereocenters. The number of amides is 1. The third kappa shape index (κ3) is 3.91. The standard InChI is InChI=1S/C21H20N6O2/c1-14-13-15(2)27(24-14)19-9-10-20(28)26(25-19)12-11-22-21(29)18-8-7-16-5-3-4-6-17(16)23-18/h3-10,13H,11-12H2,1-2H3,(H,22,29). The van der Waals surface area contributed by atoms with Crippen LogP contribution in [0.4, 0.5) is 0 Å². The average Bonchev–Trinajstić information content (AvgIpc) is 3.07. The molecule has 4 aromatic rings. The highest BCUT2D eigenvalue weighted by atomic mass is 16.2. The Kier molecular flexibility index (Phi) is 4.90. The number of rotatable bonds is 5. The van der Waals surface area contributed by atoms with E-state index < -0.39 is 0 Å². The maximum absolute atomic E-state index is 12.4. The van der Waals surface area contributed by atoms with Crippen molar-refractivity contribution in [1.29, 1.82) is 0 Å². The van der Waals surface area contributed by atoms with E-state index in [0.29, 0.717) is 11.5 Å². The van der Waals surface area contributed by atoms with E-state index in [-0.39, 0.29) is 24.6 Å². The van der Waals surface area contributed by atoms with Crippen LogP contribution >= 0.6 is 0 Å². The highest BCUT2D eigenvalue weighted by Crippen LogP contribution is 2.11. The third-order valence-corrected chi connectivity index (χ3v) is 4.52. The number of carbonyl (C=O) groups is 1. The zero-order chi connectivity index (χ0) is 20.4. The summed E-state index contributed by atoms with van der Waals surface area (Å²) < 4.78 is 3.00. The predicted octanol–water partition coefficient (Wildman–Crippen LogP) is 2.02. The summed E-state index contributed by atoms with van der Waals surface area (Å²) in [7, 11) is 0. The Morgan fingerprint density at radius 3 is 2.66 bits per heavy atom. The molecule has 0 aliphatic rings. The highest BCUT2D eigenvalue weighted by molar-refractivity contribution is 5.94. The molecule has 1 amide bonds. The van der Waals surface area contributed by atoms with Crippen molar-refractivity contribution in [2.45, 2.75) is 20.4 Å². The Labute approximate surface area is 166 Å². The lowest BCUT2D eigenvalue weighted by Crippen LogP contribution is -2.32. The number of pyridine rings is 1. The van der Waals surface area contributed by atoms with Gasteiger partial charge in [-0.1, -0.05) is 24.3 Å². The van der Waals surface area contributed by atoms with Crippen molar-refractivity contribution in [2.24, 2.45) is 0 Å². The number of hydrogen-bond donors (Lipinski definition) is 1. The molecular formula is C21H20N6O2. The number of nitrogens with zero attached hydrogens (tertiary/aromatic N) is 5. The van der Waals surface area contributed by atoms with Crippen LogP contribution in [0.5, 0.6) is 0 Å². The van der Waals surface area contributed by atoms with E-state index in [2.05, 4.69) is 20.5 Å². The molecule has 0 atom stereocenters. The molecule has 0 bridgehead atoms. The molecule has 1 aromatic carbocycles. The zero-order valence-electron chi connectivity index (χ0n) is 16.2. The first-order chi connectivity index (χ1) is 14.0. The van der Waals surface area contributed by atoms with Crippen LogP contribution in [0.3, 0.4) is 0 Å². The molecule has 0 radical (unpaired) electrons. The van der Waals surface area contributed by atoms with Gasteiger partial charge in [0, 0.05) is 23.7 Å².